The van der Waals surface area contributed by atoms with Gasteiger partial charge < -0.3 is 9.52 Å². The maximum atomic E-state index is 10.5. The lowest BCUT2D eigenvalue weighted by molar-refractivity contribution is -0.136. The van der Waals surface area contributed by atoms with Gasteiger partial charge in [-0.05, 0) is 13.0 Å². The molecule has 0 spiro atoms. The van der Waals surface area contributed by atoms with Crippen molar-refractivity contribution in [3.63, 3.8) is 0 Å². The normalized spacial score (nSPS) is 10.3. The van der Waals surface area contributed by atoms with E-state index in [4.69, 9.17) is 9.52 Å². The molecule has 16 heavy (non-hydrogen) atoms. The van der Waals surface area contributed by atoms with Crippen LogP contribution in [0.2, 0.25) is 0 Å². The molecule has 0 radical (unpaired) electrons. The van der Waals surface area contributed by atoms with Crippen molar-refractivity contribution in [2.24, 2.45) is 0 Å². The second kappa shape index (κ2) is 4.18. The zero-order valence-corrected chi connectivity index (χ0v) is 8.80. The van der Waals surface area contributed by atoms with E-state index in [0.29, 0.717) is 5.69 Å². The molecule has 4 nitrogen and oxygen atoms in total. The minimum atomic E-state index is -0.947. The van der Waals surface area contributed by atoms with Gasteiger partial charge in [-0.3, -0.25) is 4.79 Å². The Morgan fingerprint density at radius 2 is 2.31 bits per heavy atom. The second-order valence-corrected chi connectivity index (χ2v) is 3.57. The first kappa shape index (κ1) is 10.4. The van der Waals surface area contributed by atoms with E-state index in [0.717, 1.165) is 11.1 Å². The summed E-state index contributed by atoms with van der Waals surface area (Å²) in [6, 6.07) is 7.80. The highest BCUT2D eigenvalue weighted by atomic mass is 16.4. The Kier molecular flexibility index (Phi) is 2.72. The minimum absolute atomic E-state index is 0.189. The molecule has 0 amide bonds. The molecule has 0 aliphatic carbocycles. The number of nitrogens with zero attached hydrogens (tertiary/aromatic N) is 1. The highest BCUT2D eigenvalue weighted by Gasteiger charge is 2.09. The number of hydrogen-bond donors (Lipinski definition) is 1. The van der Waals surface area contributed by atoms with Crippen molar-refractivity contribution in [3.8, 4) is 11.3 Å². The average Bonchev–Trinajstić information content (AvgIpc) is 2.65. The molecule has 1 aromatic carbocycles. The van der Waals surface area contributed by atoms with E-state index in [-0.39, 0.29) is 12.3 Å². The third-order valence-corrected chi connectivity index (χ3v) is 2.17. The number of carboxylic acids is 1. The second-order valence-electron chi connectivity index (χ2n) is 3.57. The van der Waals surface area contributed by atoms with Gasteiger partial charge in [-0.1, -0.05) is 23.8 Å². The third kappa shape index (κ3) is 2.28. The molecule has 0 fully saturated rings. The maximum absolute atomic E-state index is 10.5. The molecule has 0 aliphatic heterocycles. The quantitative estimate of drug-likeness (QED) is 0.856. The highest BCUT2D eigenvalue weighted by Crippen LogP contribution is 2.19. The van der Waals surface area contributed by atoms with Crippen molar-refractivity contribution in [1.82, 2.24) is 4.98 Å². The number of carbonyl (C=O) groups is 1. The van der Waals surface area contributed by atoms with Crippen LogP contribution in [-0.4, -0.2) is 16.1 Å². The molecule has 2 rings (SSSR count). The Bertz CT molecular complexity index is 516. The van der Waals surface area contributed by atoms with Crippen LogP contribution in [0.25, 0.3) is 11.3 Å². The summed E-state index contributed by atoms with van der Waals surface area (Å²) in [7, 11) is 0. The fourth-order valence-corrected chi connectivity index (χ4v) is 1.46. The first-order valence-corrected chi connectivity index (χ1v) is 4.88. The van der Waals surface area contributed by atoms with Crippen molar-refractivity contribution >= 4 is 5.97 Å². The van der Waals surface area contributed by atoms with Crippen molar-refractivity contribution in [1.29, 1.82) is 0 Å². The number of aliphatic carboxylic acids is 1. The van der Waals surface area contributed by atoms with E-state index in [1.165, 1.54) is 6.26 Å². The summed E-state index contributed by atoms with van der Waals surface area (Å²) >= 11 is 0. The number of aryl methyl sites for hydroxylation is 1. The lowest BCUT2D eigenvalue weighted by atomic mass is 10.1. The average molecular weight is 217 g/mol. The molecule has 0 bridgehead atoms. The standard InChI is InChI=1S/C12H11NO3/c1-8-3-2-4-9(5-8)10-7-16-11(13-10)6-12(14)15/h2-5,7H,6H2,1H3,(H,14,15). The maximum Gasteiger partial charge on any atom is 0.312 e. The monoisotopic (exact) mass is 217 g/mol. The van der Waals surface area contributed by atoms with Gasteiger partial charge in [-0.25, -0.2) is 4.98 Å². The van der Waals surface area contributed by atoms with Gasteiger partial charge in [0.05, 0.1) is 0 Å². The Morgan fingerprint density at radius 1 is 1.50 bits per heavy atom. The van der Waals surface area contributed by atoms with Crippen LogP contribution < -0.4 is 0 Å². The van der Waals surface area contributed by atoms with Crippen LogP contribution in [-0.2, 0) is 11.2 Å². The van der Waals surface area contributed by atoms with Crippen LogP contribution in [0.4, 0.5) is 0 Å². The van der Waals surface area contributed by atoms with Crippen LogP contribution in [0.3, 0.4) is 0 Å². The molecule has 0 atom stereocenters. The van der Waals surface area contributed by atoms with Gasteiger partial charge >= 0.3 is 5.97 Å². The van der Waals surface area contributed by atoms with Crippen molar-refractivity contribution in [2.45, 2.75) is 13.3 Å². The molecule has 82 valence electrons. The largest absolute Gasteiger partial charge is 0.481 e. The zero-order valence-electron chi connectivity index (χ0n) is 8.80. The number of benzene rings is 1. The van der Waals surface area contributed by atoms with Gasteiger partial charge in [0.1, 0.15) is 18.4 Å². The molecule has 0 saturated carbocycles. The van der Waals surface area contributed by atoms with Crippen LogP contribution in [0, 0.1) is 6.92 Å². The van der Waals surface area contributed by atoms with Crippen molar-refractivity contribution in [2.75, 3.05) is 0 Å². The van der Waals surface area contributed by atoms with E-state index in [9.17, 15) is 4.79 Å². The molecule has 4 heteroatoms. The van der Waals surface area contributed by atoms with E-state index < -0.39 is 5.97 Å². The number of rotatable bonds is 3. The lowest BCUT2D eigenvalue weighted by Gasteiger charge is -1.96. The molecule has 1 heterocycles. The summed E-state index contributed by atoms with van der Waals surface area (Å²) < 4.78 is 5.08. The number of carboxylic acid groups (broad SMARTS) is 1. The van der Waals surface area contributed by atoms with E-state index in [2.05, 4.69) is 4.98 Å². The van der Waals surface area contributed by atoms with Gasteiger partial charge in [0.2, 0.25) is 5.89 Å². The fraction of sp³-hybridized carbons (Fsp3) is 0.167. The van der Waals surface area contributed by atoms with E-state index in [1.54, 1.807) is 0 Å². The topological polar surface area (TPSA) is 63.3 Å². The highest BCUT2D eigenvalue weighted by molar-refractivity contribution is 5.69. The van der Waals surface area contributed by atoms with Gasteiger partial charge in [-0.2, -0.15) is 0 Å². The van der Waals surface area contributed by atoms with Gasteiger partial charge in [0.25, 0.3) is 0 Å². The Balaban J connectivity index is 2.28. The smallest absolute Gasteiger partial charge is 0.312 e. The molecule has 0 aliphatic rings. The number of oxazole rings is 1. The van der Waals surface area contributed by atoms with Crippen LogP contribution in [0.1, 0.15) is 11.5 Å². The molecular weight excluding hydrogens is 206 g/mol. The van der Waals surface area contributed by atoms with Crippen molar-refractivity contribution < 1.29 is 14.3 Å². The number of hydrogen-bond acceptors (Lipinski definition) is 3. The Morgan fingerprint density at radius 3 is 3.00 bits per heavy atom. The molecule has 1 aromatic heterocycles. The number of aromatic nitrogens is 1. The van der Waals surface area contributed by atoms with E-state index in [1.807, 2.05) is 31.2 Å². The van der Waals surface area contributed by atoms with Gasteiger partial charge in [-0.15, -0.1) is 0 Å². The third-order valence-electron chi connectivity index (χ3n) is 2.17. The first-order chi connectivity index (χ1) is 7.65. The Labute approximate surface area is 92.6 Å². The minimum Gasteiger partial charge on any atom is -0.481 e. The molecular formula is C12H11NO3. The van der Waals surface area contributed by atoms with E-state index >= 15 is 0 Å². The predicted molar refractivity (Wildman–Crippen MR) is 58.0 cm³/mol. The Hall–Kier alpha value is -2.10. The molecule has 2 aromatic rings. The van der Waals surface area contributed by atoms with Gasteiger partial charge in [0, 0.05) is 5.56 Å². The summed E-state index contributed by atoms with van der Waals surface area (Å²) in [6.45, 7) is 1.99. The van der Waals surface area contributed by atoms with Crippen LogP contribution >= 0.6 is 0 Å². The fourth-order valence-electron chi connectivity index (χ4n) is 1.46. The van der Waals surface area contributed by atoms with Gasteiger partial charge in [0.15, 0.2) is 0 Å². The summed E-state index contributed by atoms with van der Waals surface area (Å²) in [5.74, 6) is -0.721. The SMILES string of the molecule is Cc1cccc(-c2coc(CC(=O)O)n2)c1. The summed E-state index contributed by atoms with van der Waals surface area (Å²) in [6.07, 6.45) is 1.29. The summed E-state index contributed by atoms with van der Waals surface area (Å²) in [4.78, 5) is 14.6. The van der Waals surface area contributed by atoms with Crippen LogP contribution in [0.15, 0.2) is 34.9 Å². The predicted octanol–water partition coefficient (Wildman–Crippen LogP) is 2.28. The molecule has 0 saturated heterocycles. The summed E-state index contributed by atoms with van der Waals surface area (Å²) in [5.41, 5.74) is 2.72. The van der Waals surface area contributed by atoms with Crippen LogP contribution in [0.5, 0.6) is 0 Å². The molecule has 0 unspecified atom stereocenters. The first-order valence-electron chi connectivity index (χ1n) is 4.88. The van der Waals surface area contributed by atoms with Crippen molar-refractivity contribution in [3.05, 3.63) is 42.0 Å². The molecule has 1 N–H and O–H groups in total. The lowest BCUT2D eigenvalue weighted by Crippen LogP contribution is -1.99. The summed E-state index contributed by atoms with van der Waals surface area (Å²) in [5, 5.41) is 8.59. The zero-order chi connectivity index (χ0) is 11.5.